The van der Waals surface area contributed by atoms with Crippen LogP contribution in [0.1, 0.15) is 12.5 Å². The van der Waals surface area contributed by atoms with Crippen LogP contribution in [0.4, 0.5) is 4.79 Å². The molecule has 1 N–H and O–H groups in total. The Balaban J connectivity index is 2.31. The summed E-state index contributed by atoms with van der Waals surface area (Å²) >= 11 is 0. The second-order valence-corrected chi connectivity index (χ2v) is 2.79. The van der Waals surface area contributed by atoms with E-state index >= 15 is 0 Å². The molecule has 1 aromatic carbocycles. The van der Waals surface area contributed by atoms with Gasteiger partial charge in [0.2, 0.25) is 7.28 Å². The normalized spacial score (nSPS) is 9.31. The van der Waals surface area contributed by atoms with Crippen molar-refractivity contribution in [3.63, 3.8) is 0 Å². The molecule has 0 bridgehead atoms. The van der Waals surface area contributed by atoms with E-state index in [1.165, 1.54) is 0 Å². The molecule has 0 aliphatic heterocycles. The smallest absolute Gasteiger partial charge is 0.237 e. The van der Waals surface area contributed by atoms with Crippen LogP contribution < -0.4 is 5.32 Å². The number of nitrogens with one attached hydrogen (secondary N) is 1. The van der Waals surface area contributed by atoms with Gasteiger partial charge in [-0.2, -0.15) is 0 Å². The van der Waals surface area contributed by atoms with E-state index in [-0.39, 0.29) is 5.81 Å². The minimum atomic E-state index is 0.00588. The maximum atomic E-state index is 11.0. The molecular weight excluding hydrogens is 161 g/mol. The van der Waals surface area contributed by atoms with Crippen molar-refractivity contribution < 1.29 is 4.79 Å². The summed E-state index contributed by atoms with van der Waals surface area (Å²) in [6.45, 7) is 2.60. The first-order chi connectivity index (χ1) is 6.33. The number of carbonyl (C=O) groups is 1. The lowest BCUT2D eigenvalue weighted by Crippen LogP contribution is -2.27. The Morgan fingerprint density at radius 1 is 1.38 bits per heavy atom. The highest BCUT2D eigenvalue weighted by Gasteiger charge is 2.01. The third-order valence-corrected chi connectivity index (χ3v) is 1.72. The zero-order valence-corrected chi connectivity index (χ0v) is 7.79. The average molecular weight is 174 g/mol. The first-order valence-electron chi connectivity index (χ1n) is 4.48. The van der Waals surface area contributed by atoms with Crippen molar-refractivity contribution in [2.24, 2.45) is 0 Å². The molecule has 0 atom stereocenters. The van der Waals surface area contributed by atoms with Gasteiger partial charge in [0.1, 0.15) is 0 Å². The molecule has 0 aromatic heterocycles. The van der Waals surface area contributed by atoms with Gasteiger partial charge in [0, 0.05) is 6.54 Å². The van der Waals surface area contributed by atoms with E-state index in [0.29, 0.717) is 12.9 Å². The largest absolute Gasteiger partial charge is 0.366 e. The van der Waals surface area contributed by atoms with Gasteiger partial charge in [0.15, 0.2) is 5.81 Å². The Morgan fingerprint density at radius 3 is 2.69 bits per heavy atom. The summed E-state index contributed by atoms with van der Waals surface area (Å²) in [7, 11) is 1.67. The fourth-order valence-electron chi connectivity index (χ4n) is 1.07. The van der Waals surface area contributed by atoms with Gasteiger partial charge in [-0.05, 0) is 13.2 Å². The second-order valence-electron chi connectivity index (χ2n) is 2.79. The van der Waals surface area contributed by atoms with Crippen LogP contribution >= 0.6 is 0 Å². The van der Waals surface area contributed by atoms with Gasteiger partial charge < -0.3 is 5.32 Å². The Kier molecular flexibility index (Phi) is 4.09. The van der Waals surface area contributed by atoms with Crippen molar-refractivity contribution in [2.75, 3.05) is 6.54 Å². The highest BCUT2D eigenvalue weighted by molar-refractivity contribution is 6.73. The van der Waals surface area contributed by atoms with Gasteiger partial charge in [-0.15, -0.1) is 0 Å². The fourth-order valence-corrected chi connectivity index (χ4v) is 1.07. The molecule has 1 aromatic rings. The highest BCUT2D eigenvalue weighted by Crippen LogP contribution is 1.97. The summed E-state index contributed by atoms with van der Waals surface area (Å²) in [4.78, 5) is 11.0. The molecule has 13 heavy (non-hydrogen) atoms. The molecule has 3 heteroatoms. The summed E-state index contributed by atoms with van der Waals surface area (Å²) < 4.78 is 0. The number of hydrogen-bond donors (Lipinski definition) is 1. The van der Waals surface area contributed by atoms with Crippen LogP contribution in [-0.2, 0) is 6.32 Å². The number of carbonyl (C=O) groups excluding carboxylic acids is 1. The molecule has 0 aliphatic carbocycles. The Morgan fingerprint density at radius 2 is 2.08 bits per heavy atom. The first-order valence-corrected chi connectivity index (χ1v) is 4.48. The van der Waals surface area contributed by atoms with Crippen molar-refractivity contribution in [3.05, 3.63) is 35.9 Å². The van der Waals surface area contributed by atoms with E-state index in [4.69, 9.17) is 0 Å². The van der Waals surface area contributed by atoms with Crippen LogP contribution in [0.25, 0.3) is 0 Å². The average Bonchev–Trinajstić information content (AvgIpc) is 2.17. The number of benzene rings is 1. The summed E-state index contributed by atoms with van der Waals surface area (Å²) in [5.41, 5.74) is 1.16. The highest BCUT2D eigenvalue weighted by atomic mass is 16.1. The molecule has 0 spiro atoms. The number of rotatable bonds is 4. The molecule has 2 nitrogen and oxygen atoms in total. The Labute approximate surface area is 79.6 Å². The lowest BCUT2D eigenvalue weighted by Gasteiger charge is -2.00. The fraction of sp³-hybridized carbons (Fsp3) is 0.300. The molecule has 0 fully saturated rings. The first kappa shape index (κ1) is 9.84. The van der Waals surface area contributed by atoms with Crippen LogP contribution in [0, 0.1) is 0 Å². The molecule has 67 valence electrons. The number of hydrogen-bond acceptors (Lipinski definition) is 1. The van der Waals surface area contributed by atoms with Crippen LogP contribution in [0.5, 0.6) is 0 Å². The van der Waals surface area contributed by atoms with Gasteiger partial charge >= 0.3 is 0 Å². The van der Waals surface area contributed by atoms with E-state index in [9.17, 15) is 4.79 Å². The molecule has 0 heterocycles. The monoisotopic (exact) mass is 174 g/mol. The van der Waals surface area contributed by atoms with E-state index < -0.39 is 0 Å². The van der Waals surface area contributed by atoms with Gasteiger partial charge in [0.25, 0.3) is 0 Å². The molecule has 0 unspecified atom stereocenters. The molecule has 0 saturated carbocycles. The maximum absolute atomic E-state index is 11.0. The molecule has 0 aliphatic rings. The standard InChI is InChI=1S/C10H13BNO/c1-2-12-10(13)11-8-9-6-4-3-5-7-9/h3-7H,2,8H2,1H3,(H,12,13). The second kappa shape index (κ2) is 5.41. The van der Waals surface area contributed by atoms with Crippen LogP contribution in [0.15, 0.2) is 30.3 Å². The summed E-state index contributed by atoms with van der Waals surface area (Å²) in [5, 5.41) is 2.72. The Hall–Kier alpha value is -1.25. The zero-order chi connectivity index (χ0) is 9.52. The van der Waals surface area contributed by atoms with E-state index in [1.54, 1.807) is 7.28 Å². The van der Waals surface area contributed by atoms with Gasteiger partial charge in [-0.1, -0.05) is 35.9 Å². The van der Waals surface area contributed by atoms with Gasteiger partial charge in [0.05, 0.1) is 0 Å². The van der Waals surface area contributed by atoms with Crippen LogP contribution in [-0.4, -0.2) is 19.6 Å². The minimum absolute atomic E-state index is 0.00588. The van der Waals surface area contributed by atoms with Crippen LogP contribution in [0.3, 0.4) is 0 Å². The summed E-state index contributed by atoms with van der Waals surface area (Å²) in [5.74, 6) is 0.00588. The molecule has 1 rings (SSSR count). The van der Waals surface area contributed by atoms with Gasteiger partial charge in [-0.25, -0.2) is 0 Å². The summed E-state index contributed by atoms with van der Waals surface area (Å²) in [6.07, 6.45) is 0.701. The van der Waals surface area contributed by atoms with Crippen molar-refractivity contribution in [1.82, 2.24) is 5.32 Å². The van der Waals surface area contributed by atoms with Crippen molar-refractivity contribution in [2.45, 2.75) is 13.2 Å². The molecular formula is C10H13BNO. The van der Waals surface area contributed by atoms with E-state index in [1.807, 2.05) is 37.3 Å². The van der Waals surface area contributed by atoms with E-state index in [2.05, 4.69) is 5.32 Å². The predicted octanol–water partition coefficient (Wildman–Crippen LogP) is 1.62. The third-order valence-electron chi connectivity index (χ3n) is 1.72. The minimum Gasteiger partial charge on any atom is -0.366 e. The van der Waals surface area contributed by atoms with Gasteiger partial charge in [-0.3, -0.25) is 4.79 Å². The van der Waals surface area contributed by atoms with Crippen molar-refractivity contribution >= 4 is 13.1 Å². The van der Waals surface area contributed by atoms with Crippen LogP contribution in [0.2, 0.25) is 0 Å². The SMILES string of the molecule is CCNC(=O)[B]Cc1ccccc1. The summed E-state index contributed by atoms with van der Waals surface area (Å²) in [6, 6.07) is 9.93. The van der Waals surface area contributed by atoms with E-state index in [0.717, 1.165) is 5.56 Å². The Bertz CT molecular complexity index is 261. The zero-order valence-electron chi connectivity index (χ0n) is 7.79. The van der Waals surface area contributed by atoms with Crippen molar-refractivity contribution in [3.8, 4) is 0 Å². The third kappa shape index (κ3) is 3.79. The molecule has 1 radical (unpaired) electrons. The van der Waals surface area contributed by atoms with Crippen molar-refractivity contribution in [1.29, 1.82) is 0 Å². The predicted molar refractivity (Wildman–Crippen MR) is 55.0 cm³/mol. The topological polar surface area (TPSA) is 29.1 Å². The lowest BCUT2D eigenvalue weighted by molar-refractivity contribution is 0.259. The molecule has 1 amide bonds. The maximum Gasteiger partial charge on any atom is 0.237 e. The quantitative estimate of drug-likeness (QED) is 0.690. The lowest BCUT2D eigenvalue weighted by atomic mass is 9.71. The molecule has 0 saturated heterocycles. The number of amides is 1.